The molecule has 1 aromatic rings. The number of hydrogen-bond acceptors (Lipinski definition) is 4. The van der Waals surface area contributed by atoms with E-state index in [0.717, 1.165) is 38.1 Å². The summed E-state index contributed by atoms with van der Waals surface area (Å²) in [5.41, 5.74) is 1.42. The third-order valence-electron chi connectivity index (χ3n) is 3.46. The van der Waals surface area contributed by atoms with Crippen molar-refractivity contribution in [3.8, 4) is 0 Å². The molecule has 0 bridgehead atoms. The lowest BCUT2D eigenvalue weighted by atomic mass is 10.1. The van der Waals surface area contributed by atoms with Gasteiger partial charge in [-0.05, 0) is 38.7 Å². The van der Waals surface area contributed by atoms with Gasteiger partial charge in [0, 0.05) is 25.9 Å². The number of anilines is 1. The molecule has 2 heterocycles. The number of carbonyl (C=O) groups excluding carboxylic acids is 1. The van der Waals surface area contributed by atoms with Crippen LogP contribution in [0.5, 0.6) is 0 Å². The number of carbonyl (C=O) groups is 1. The van der Waals surface area contributed by atoms with Gasteiger partial charge in [-0.2, -0.15) is 0 Å². The van der Waals surface area contributed by atoms with Gasteiger partial charge in [0.25, 0.3) is 5.91 Å². The number of hydrogen-bond donors (Lipinski definition) is 2. The number of ether oxygens (including phenoxy) is 1. The van der Waals surface area contributed by atoms with E-state index < -0.39 is 0 Å². The first-order chi connectivity index (χ1) is 9.81. The molecule has 0 radical (unpaired) electrons. The van der Waals surface area contributed by atoms with E-state index in [9.17, 15) is 4.79 Å². The molecule has 0 saturated carbocycles. The molecule has 1 atom stereocenters. The minimum atomic E-state index is -0.0563. The topological polar surface area (TPSA) is 63.2 Å². The summed E-state index contributed by atoms with van der Waals surface area (Å²) in [7, 11) is 0. The zero-order valence-electron chi connectivity index (χ0n) is 12.0. The Bertz CT molecular complexity index is 431. The van der Waals surface area contributed by atoms with Gasteiger partial charge in [0.05, 0.1) is 23.6 Å². The van der Waals surface area contributed by atoms with Crippen molar-refractivity contribution in [2.75, 3.05) is 25.0 Å². The van der Waals surface area contributed by atoms with Gasteiger partial charge in [0.15, 0.2) is 0 Å². The predicted octanol–water partition coefficient (Wildman–Crippen LogP) is 2.20. The fourth-order valence-electron chi connectivity index (χ4n) is 2.40. The number of nitrogens with one attached hydrogen (secondary N) is 2. The molecule has 5 nitrogen and oxygen atoms in total. The van der Waals surface area contributed by atoms with Crippen molar-refractivity contribution in [1.82, 2.24) is 10.3 Å². The first-order valence-corrected chi connectivity index (χ1v) is 7.39. The molecule has 0 aromatic carbocycles. The number of amides is 1. The van der Waals surface area contributed by atoms with E-state index in [4.69, 9.17) is 4.74 Å². The first-order valence-electron chi connectivity index (χ1n) is 7.39. The molecule has 1 fully saturated rings. The van der Waals surface area contributed by atoms with E-state index >= 15 is 0 Å². The smallest absolute Gasteiger partial charge is 0.253 e. The summed E-state index contributed by atoms with van der Waals surface area (Å²) < 4.78 is 5.65. The Morgan fingerprint density at radius 1 is 1.50 bits per heavy atom. The van der Waals surface area contributed by atoms with Gasteiger partial charge in [-0.1, -0.05) is 0 Å². The minimum absolute atomic E-state index is 0.0563. The third kappa shape index (κ3) is 4.20. The molecule has 1 aliphatic rings. The Labute approximate surface area is 120 Å². The lowest BCUT2D eigenvalue weighted by Gasteiger charge is -2.22. The molecule has 20 heavy (non-hydrogen) atoms. The van der Waals surface area contributed by atoms with Crippen LogP contribution in [-0.4, -0.2) is 36.7 Å². The van der Waals surface area contributed by atoms with Gasteiger partial charge >= 0.3 is 0 Å². The molecule has 1 unspecified atom stereocenters. The SMILES string of the molecule is CCNc1cnccc1C(=O)NCCC1CCCCO1. The van der Waals surface area contributed by atoms with Gasteiger partial charge in [-0.25, -0.2) is 0 Å². The van der Waals surface area contributed by atoms with Crippen LogP contribution >= 0.6 is 0 Å². The standard InChI is InChI=1S/C15H23N3O2/c1-2-17-14-11-16-8-7-13(14)15(19)18-9-6-12-5-3-4-10-20-12/h7-8,11-12,17H,2-6,9-10H2,1H3,(H,18,19). The van der Waals surface area contributed by atoms with E-state index in [1.165, 1.54) is 6.42 Å². The largest absolute Gasteiger partial charge is 0.383 e. The second-order valence-electron chi connectivity index (χ2n) is 4.98. The summed E-state index contributed by atoms with van der Waals surface area (Å²) in [6.45, 7) is 4.27. The monoisotopic (exact) mass is 277 g/mol. The van der Waals surface area contributed by atoms with Crippen molar-refractivity contribution in [2.45, 2.75) is 38.7 Å². The maximum Gasteiger partial charge on any atom is 0.253 e. The molecule has 1 aliphatic heterocycles. The molecule has 110 valence electrons. The first kappa shape index (κ1) is 14.8. The number of rotatable bonds is 6. The highest BCUT2D eigenvalue weighted by Crippen LogP contribution is 2.16. The van der Waals surface area contributed by atoms with Crippen molar-refractivity contribution >= 4 is 11.6 Å². The Balaban J connectivity index is 1.82. The van der Waals surface area contributed by atoms with Crippen molar-refractivity contribution in [1.29, 1.82) is 0 Å². The van der Waals surface area contributed by atoms with Crippen molar-refractivity contribution in [2.24, 2.45) is 0 Å². The van der Waals surface area contributed by atoms with Crippen LogP contribution in [0, 0.1) is 0 Å². The molecular weight excluding hydrogens is 254 g/mol. The van der Waals surface area contributed by atoms with Gasteiger partial charge in [-0.15, -0.1) is 0 Å². The van der Waals surface area contributed by atoms with Crippen molar-refractivity contribution in [3.05, 3.63) is 24.0 Å². The lowest BCUT2D eigenvalue weighted by molar-refractivity contribution is 0.0117. The summed E-state index contributed by atoms with van der Waals surface area (Å²) in [4.78, 5) is 16.2. The van der Waals surface area contributed by atoms with E-state index in [1.54, 1.807) is 18.5 Å². The maximum absolute atomic E-state index is 12.2. The van der Waals surface area contributed by atoms with Crippen LogP contribution in [0.2, 0.25) is 0 Å². The number of nitrogens with zero attached hydrogens (tertiary/aromatic N) is 1. The minimum Gasteiger partial charge on any atom is -0.383 e. The molecular formula is C15H23N3O2. The fraction of sp³-hybridized carbons (Fsp3) is 0.600. The maximum atomic E-state index is 12.2. The lowest BCUT2D eigenvalue weighted by Crippen LogP contribution is -2.30. The molecule has 0 spiro atoms. The predicted molar refractivity (Wildman–Crippen MR) is 78.9 cm³/mol. The highest BCUT2D eigenvalue weighted by atomic mass is 16.5. The average molecular weight is 277 g/mol. The normalized spacial score (nSPS) is 18.6. The van der Waals surface area contributed by atoms with E-state index in [-0.39, 0.29) is 5.91 Å². The van der Waals surface area contributed by atoms with E-state index in [0.29, 0.717) is 18.2 Å². The summed E-state index contributed by atoms with van der Waals surface area (Å²) in [5.74, 6) is -0.0563. The quantitative estimate of drug-likeness (QED) is 0.836. The number of aromatic nitrogens is 1. The molecule has 0 aliphatic carbocycles. The molecule has 2 rings (SSSR count). The molecule has 1 aromatic heterocycles. The second kappa shape index (κ2) is 7.85. The van der Waals surface area contributed by atoms with Gasteiger partial charge < -0.3 is 15.4 Å². The van der Waals surface area contributed by atoms with Crippen molar-refractivity contribution < 1.29 is 9.53 Å². The van der Waals surface area contributed by atoms with E-state index in [1.807, 2.05) is 6.92 Å². The Kier molecular flexibility index (Phi) is 5.80. The molecule has 2 N–H and O–H groups in total. The van der Waals surface area contributed by atoms with Gasteiger partial charge in [0.2, 0.25) is 0 Å². The average Bonchev–Trinajstić information content (AvgIpc) is 2.49. The molecule has 1 saturated heterocycles. The van der Waals surface area contributed by atoms with Crippen LogP contribution < -0.4 is 10.6 Å². The molecule has 1 amide bonds. The van der Waals surface area contributed by atoms with Crippen LogP contribution in [0.3, 0.4) is 0 Å². The Morgan fingerprint density at radius 3 is 3.15 bits per heavy atom. The van der Waals surface area contributed by atoms with Crippen LogP contribution in [-0.2, 0) is 4.74 Å². The summed E-state index contributed by atoms with van der Waals surface area (Å²) in [5, 5.41) is 6.11. The van der Waals surface area contributed by atoms with Crippen LogP contribution in [0.1, 0.15) is 43.0 Å². The van der Waals surface area contributed by atoms with Crippen LogP contribution in [0.4, 0.5) is 5.69 Å². The van der Waals surface area contributed by atoms with Gasteiger partial charge in [0.1, 0.15) is 0 Å². The number of pyridine rings is 1. The third-order valence-corrected chi connectivity index (χ3v) is 3.46. The second-order valence-corrected chi connectivity index (χ2v) is 4.98. The Morgan fingerprint density at radius 2 is 2.40 bits per heavy atom. The van der Waals surface area contributed by atoms with E-state index in [2.05, 4.69) is 15.6 Å². The van der Waals surface area contributed by atoms with Gasteiger partial charge in [-0.3, -0.25) is 9.78 Å². The molecule has 5 heteroatoms. The summed E-state index contributed by atoms with van der Waals surface area (Å²) >= 11 is 0. The summed E-state index contributed by atoms with van der Waals surface area (Å²) in [6.07, 6.45) is 8.00. The fourth-order valence-corrected chi connectivity index (χ4v) is 2.40. The van der Waals surface area contributed by atoms with Crippen LogP contribution in [0.15, 0.2) is 18.5 Å². The zero-order valence-corrected chi connectivity index (χ0v) is 12.0. The summed E-state index contributed by atoms with van der Waals surface area (Å²) in [6, 6.07) is 1.74. The zero-order chi connectivity index (χ0) is 14.2. The van der Waals surface area contributed by atoms with Crippen LogP contribution in [0.25, 0.3) is 0 Å². The van der Waals surface area contributed by atoms with Crippen molar-refractivity contribution in [3.63, 3.8) is 0 Å². The highest BCUT2D eigenvalue weighted by molar-refractivity contribution is 5.99. The Hall–Kier alpha value is -1.62. The highest BCUT2D eigenvalue weighted by Gasteiger charge is 2.15.